The van der Waals surface area contributed by atoms with Gasteiger partial charge >= 0.3 is 44.4 Å². The summed E-state index contributed by atoms with van der Waals surface area (Å²) in [5, 5.41) is 37.7. The maximum Gasteiger partial charge on any atom is 2.00 e. The Hall–Kier alpha value is -1.20. The number of carbonyl (C=O) groups excluding carboxylic acids is 4. The monoisotopic (exact) mass is 492 g/mol. The van der Waals surface area contributed by atoms with E-state index in [2.05, 4.69) is 0 Å². The SMILES string of the molecule is O=C([O-])C=CC(=O)[O-].O=C([O-])C=CC(=O)[O-].[Fe+2].[Pb+2]. The molecule has 0 saturated heterocycles. The maximum absolute atomic E-state index is 9.41. The third-order valence-electron chi connectivity index (χ3n) is 0.711. The van der Waals surface area contributed by atoms with Crippen LogP contribution in [0.5, 0.6) is 0 Å². The fourth-order valence-electron chi connectivity index (χ4n) is 0.272. The first-order valence-electron chi connectivity index (χ1n) is 3.45. The van der Waals surface area contributed by atoms with Crippen LogP contribution < -0.4 is 20.4 Å². The van der Waals surface area contributed by atoms with E-state index in [0.717, 1.165) is 0 Å². The minimum atomic E-state index is -1.55. The third-order valence-corrected chi connectivity index (χ3v) is 0.711. The zero-order chi connectivity index (χ0) is 13.1. The molecule has 0 spiro atoms. The predicted octanol–water partition coefficient (Wildman–Crippen LogP) is -6.30. The van der Waals surface area contributed by atoms with Crippen LogP contribution in [0.2, 0.25) is 0 Å². The molecule has 0 N–H and O–H groups in total. The molecule has 0 rings (SSSR count). The van der Waals surface area contributed by atoms with E-state index in [9.17, 15) is 39.6 Å². The first-order valence-corrected chi connectivity index (χ1v) is 3.45. The van der Waals surface area contributed by atoms with E-state index in [-0.39, 0.29) is 44.4 Å². The van der Waals surface area contributed by atoms with Crippen LogP contribution in [0.4, 0.5) is 0 Å². The smallest absolute Gasteiger partial charge is 0.545 e. The van der Waals surface area contributed by atoms with E-state index < -0.39 is 23.9 Å². The summed E-state index contributed by atoms with van der Waals surface area (Å²) in [6.07, 6.45) is 1.54. The molecule has 96 valence electrons. The average Bonchev–Trinajstić information content (AvgIpc) is 2.12. The molecule has 0 bridgehead atoms. The van der Waals surface area contributed by atoms with Crippen LogP contribution in [0.25, 0.3) is 0 Å². The van der Waals surface area contributed by atoms with Crippen LogP contribution in [-0.2, 0) is 36.2 Å². The van der Waals surface area contributed by atoms with Gasteiger partial charge in [-0.2, -0.15) is 0 Å². The maximum atomic E-state index is 9.41. The molecule has 0 aromatic carbocycles. The van der Waals surface area contributed by atoms with Gasteiger partial charge in [-0.05, 0) is 24.3 Å². The Kier molecular flexibility index (Phi) is 22.5. The van der Waals surface area contributed by atoms with E-state index in [1.807, 2.05) is 0 Å². The second-order valence-corrected chi connectivity index (χ2v) is 1.94. The van der Waals surface area contributed by atoms with Crippen molar-refractivity contribution in [2.75, 3.05) is 0 Å². The van der Waals surface area contributed by atoms with Crippen molar-refractivity contribution in [3.63, 3.8) is 0 Å². The third kappa shape index (κ3) is 36.4. The van der Waals surface area contributed by atoms with Gasteiger partial charge in [0.25, 0.3) is 0 Å². The molecule has 2 radical (unpaired) electrons. The van der Waals surface area contributed by atoms with E-state index in [4.69, 9.17) is 0 Å². The molecule has 0 atom stereocenters. The molecule has 0 saturated carbocycles. The van der Waals surface area contributed by atoms with Crippen molar-refractivity contribution in [3.8, 4) is 0 Å². The van der Waals surface area contributed by atoms with Gasteiger partial charge in [-0.25, -0.2) is 0 Å². The van der Waals surface area contributed by atoms with E-state index >= 15 is 0 Å². The van der Waals surface area contributed by atoms with Gasteiger partial charge in [0.05, 0.1) is 23.9 Å². The molecule has 0 aliphatic rings. The number of rotatable bonds is 4. The van der Waals surface area contributed by atoms with Crippen LogP contribution in [0.15, 0.2) is 24.3 Å². The number of carbonyl (C=O) groups is 4. The summed E-state index contributed by atoms with van der Waals surface area (Å²) in [4.78, 5) is 37.7. The van der Waals surface area contributed by atoms with Crippen LogP contribution in [0.3, 0.4) is 0 Å². The Bertz CT molecular complexity index is 283. The Morgan fingerprint density at radius 2 is 0.667 bits per heavy atom. The van der Waals surface area contributed by atoms with E-state index in [1.165, 1.54) is 0 Å². The van der Waals surface area contributed by atoms with E-state index in [1.54, 1.807) is 0 Å². The van der Waals surface area contributed by atoms with Gasteiger partial charge < -0.3 is 39.6 Å². The van der Waals surface area contributed by atoms with Gasteiger partial charge in [-0.15, -0.1) is 0 Å². The summed E-state index contributed by atoms with van der Waals surface area (Å²) in [6, 6.07) is 0. The molecular weight excluding hydrogens is 487 g/mol. The molecule has 18 heavy (non-hydrogen) atoms. The molecule has 0 fully saturated rings. The van der Waals surface area contributed by atoms with Crippen molar-refractivity contribution in [1.29, 1.82) is 0 Å². The molecule has 0 amide bonds. The minimum Gasteiger partial charge on any atom is -0.545 e. The quantitative estimate of drug-likeness (QED) is 0.277. The van der Waals surface area contributed by atoms with Crippen molar-refractivity contribution in [2.24, 2.45) is 0 Å². The van der Waals surface area contributed by atoms with Crippen molar-refractivity contribution < 1.29 is 56.7 Å². The second kappa shape index (κ2) is 15.8. The van der Waals surface area contributed by atoms with Gasteiger partial charge in [-0.3, -0.25) is 0 Å². The molecule has 8 nitrogen and oxygen atoms in total. The molecule has 0 aliphatic carbocycles. The fourth-order valence-corrected chi connectivity index (χ4v) is 0.272. The normalized spacial score (nSPS) is 8.44. The molecule has 0 aromatic heterocycles. The number of carboxylic acid groups (broad SMARTS) is 4. The Morgan fingerprint density at radius 1 is 0.556 bits per heavy atom. The average molecular weight is 491 g/mol. The number of hydrogen-bond donors (Lipinski definition) is 0. The Labute approximate surface area is 132 Å². The molecule has 10 heteroatoms. The fraction of sp³-hybridized carbons (Fsp3) is 0. The number of hydrogen-bond acceptors (Lipinski definition) is 8. The largest absolute Gasteiger partial charge is 2.00 e. The van der Waals surface area contributed by atoms with Gasteiger partial charge in [0.15, 0.2) is 0 Å². The standard InChI is InChI=1S/2C4H4O4.Fe.Pb/c2*5-3(6)1-2-4(7)8;;/h2*1-2H,(H,5,6)(H,7,8);;/q;;2*+2/p-4. The van der Waals surface area contributed by atoms with Gasteiger partial charge in [0.2, 0.25) is 0 Å². The van der Waals surface area contributed by atoms with Gasteiger partial charge in [-0.1, -0.05) is 0 Å². The topological polar surface area (TPSA) is 161 Å². The summed E-state index contributed by atoms with van der Waals surface area (Å²) in [7, 11) is 0. The molecule has 0 heterocycles. The molecular formula is C8H4FeO8Pb. The van der Waals surface area contributed by atoms with Crippen molar-refractivity contribution in [3.05, 3.63) is 24.3 Å². The van der Waals surface area contributed by atoms with Crippen LogP contribution in [-0.4, -0.2) is 51.2 Å². The van der Waals surface area contributed by atoms with Crippen molar-refractivity contribution >= 4 is 51.2 Å². The number of aliphatic carboxylic acids is 4. The Morgan fingerprint density at radius 3 is 0.722 bits per heavy atom. The Balaban J connectivity index is -0.0000000980. The summed E-state index contributed by atoms with van der Waals surface area (Å²) in [5.74, 6) is -6.19. The second-order valence-electron chi connectivity index (χ2n) is 1.94. The number of carboxylic acids is 4. The van der Waals surface area contributed by atoms with Crippen LogP contribution in [0.1, 0.15) is 0 Å². The van der Waals surface area contributed by atoms with E-state index in [0.29, 0.717) is 24.3 Å². The van der Waals surface area contributed by atoms with Crippen molar-refractivity contribution in [1.82, 2.24) is 0 Å². The van der Waals surface area contributed by atoms with Gasteiger partial charge in [0.1, 0.15) is 0 Å². The van der Waals surface area contributed by atoms with Crippen LogP contribution in [0, 0.1) is 0 Å². The molecule has 0 aromatic rings. The zero-order valence-electron chi connectivity index (χ0n) is 8.43. The summed E-state index contributed by atoms with van der Waals surface area (Å²) in [5.41, 5.74) is 0. The summed E-state index contributed by atoms with van der Waals surface area (Å²) >= 11 is 0. The molecule has 0 unspecified atom stereocenters. The zero-order valence-corrected chi connectivity index (χ0v) is 13.4. The summed E-state index contributed by atoms with van der Waals surface area (Å²) in [6.45, 7) is 0. The first kappa shape index (κ1) is 25.6. The summed E-state index contributed by atoms with van der Waals surface area (Å²) < 4.78 is 0. The van der Waals surface area contributed by atoms with Gasteiger partial charge in [0, 0.05) is 0 Å². The first-order chi connectivity index (χ1) is 7.25. The minimum absolute atomic E-state index is 0. The van der Waals surface area contributed by atoms with Crippen LogP contribution >= 0.6 is 0 Å². The van der Waals surface area contributed by atoms with Crippen molar-refractivity contribution in [2.45, 2.75) is 0 Å². The molecule has 0 aliphatic heterocycles. The predicted molar refractivity (Wildman–Crippen MR) is 44.1 cm³/mol.